The number of nitrogens with two attached hydrogens (primary N) is 1. The summed E-state index contributed by atoms with van der Waals surface area (Å²) >= 11 is 0. The van der Waals surface area contributed by atoms with Crippen LogP contribution in [0.5, 0.6) is 0 Å². The first-order chi connectivity index (χ1) is 11.3. The molecule has 1 fully saturated rings. The number of aromatic nitrogens is 5. The predicted molar refractivity (Wildman–Crippen MR) is 88.9 cm³/mol. The zero-order valence-electron chi connectivity index (χ0n) is 13.1. The second-order valence-corrected chi connectivity index (χ2v) is 5.95. The van der Waals surface area contributed by atoms with Gasteiger partial charge in [-0.25, -0.2) is 9.97 Å². The molecule has 4 heterocycles. The molecule has 1 atom stereocenters. The fourth-order valence-corrected chi connectivity index (χ4v) is 3.10. The molecule has 2 N–H and O–H groups in total. The van der Waals surface area contributed by atoms with E-state index in [2.05, 4.69) is 20.0 Å². The SMILES string of the molecule is Cn1ncc2c(N3CC[C@H](CN)C3)nc(-c3ccncc3)nc21. The molecule has 1 aliphatic rings. The maximum absolute atomic E-state index is 5.83. The van der Waals surface area contributed by atoms with Crippen LogP contribution in [-0.2, 0) is 7.05 Å². The van der Waals surface area contributed by atoms with Gasteiger partial charge in [0.25, 0.3) is 0 Å². The summed E-state index contributed by atoms with van der Waals surface area (Å²) in [7, 11) is 1.90. The third-order valence-electron chi connectivity index (χ3n) is 4.43. The van der Waals surface area contributed by atoms with Crippen LogP contribution in [-0.4, -0.2) is 44.4 Å². The van der Waals surface area contributed by atoms with Gasteiger partial charge in [-0.1, -0.05) is 0 Å². The predicted octanol–water partition coefficient (Wildman–Crippen LogP) is 1.21. The molecular weight excluding hydrogens is 290 g/mol. The van der Waals surface area contributed by atoms with Crippen LogP contribution in [0, 0.1) is 5.92 Å². The van der Waals surface area contributed by atoms with Crippen molar-refractivity contribution < 1.29 is 0 Å². The van der Waals surface area contributed by atoms with Crippen LogP contribution in [0.15, 0.2) is 30.7 Å². The molecule has 7 heteroatoms. The molecule has 23 heavy (non-hydrogen) atoms. The number of hydrogen-bond donors (Lipinski definition) is 1. The van der Waals surface area contributed by atoms with E-state index in [-0.39, 0.29) is 0 Å². The van der Waals surface area contributed by atoms with E-state index < -0.39 is 0 Å². The van der Waals surface area contributed by atoms with E-state index in [1.54, 1.807) is 17.1 Å². The Morgan fingerprint density at radius 3 is 2.83 bits per heavy atom. The van der Waals surface area contributed by atoms with Crippen LogP contribution in [0.4, 0.5) is 5.82 Å². The van der Waals surface area contributed by atoms with Gasteiger partial charge in [0.15, 0.2) is 11.5 Å². The molecule has 3 aromatic heterocycles. The number of anilines is 1. The molecule has 0 spiro atoms. The van der Waals surface area contributed by atoms with Gasteiger partial charge in [-0.2, -0.15) is 5.10 Å². The quantitative estimate of drug-likeness (QED) is 0.782. The standard InChI is InChI=1S/C16H19N7/c1-22-15-13(9-19-22)16(23-7-4-11(8-17)10-23)21-14(20-15)12-2-5-18-6-3-12/h2-3,5-6,9,11H,4,7-8,10,17H2,1H3/t11-/m1/s1. The average molecular weight is 309 g/mol. The molecule has 0 unspecified atom stereocenters. The van der Waals surface area contributed by atoms with E-state index >= 15 is 0 Å². The average Bonchev–Trinajstić information content (AvgIpc) is 3.22. The maximum atomic E-state index is 5.83. The van der Waals surface area contributed by atoms with Crippen molar-refractivity contribution in [2.24, 2.45) is 18.7 Å². The van der Waals surface area contributed by atoms with Crippen LogP contribution in [0.2, 0.25) is 0 Å². The highest BCUT2D eigenvalue weighted by molar-refractivity contribution is 5.88. The smallest absolute Gasteiger partial charge is 0.164 e. The Morgan fingerprint density at radius 2 is 2.09 bits per heavy atom. The van der Waals surface area contributed by atoms with Gasteiger partial charge < -0.3 is 10.6 Å². The zero-order chi connectivity index (χ0) is 15.8. The van der Waals surface area contributed by atoms with Crippen LogP contribution in [0.25, 0.3) is 22.4 Å². The van der Waals surface area contributed by atoms with Crippen LogP contribution in [0.3, 0.4) is 0 Å². The van der Waals surface area contributed by atoms with Crippen molar-refractivity contribution in [2.45, 2.75) is 6.42 Å². The third kappa shape index (κ3) is 2.43. The highest BCUT2D eigenvalue weighted by Gasteiger charge is 2.25. The highest BCUT2D eigenvalue weighted by Crippen LogP contribution is 2.30. The van der Waals surface area contributed by atoms with Crippen LogP contribution >= 0.6 is 0 Å². The lowest BCUT2D eigenvalue weighted by molar-refractivity contribution is 0.602. The summed E-state index contributed by atoms with van der Waals surface area (Å²) in [6, 6.07) is 3.85. The van der Waals surface area contributed by atoms with Gasteiger partial charge >= 0.3 is 0 Å². The second kappa shape index (κ2) is 5.58. The van der Waals surface area contributed by atoms with Crippen molar-refractivity contribution >= 4 is 16.9 Å². The molecule has 118 valence electrons. The molecular formula is C16H19N7. The Kier molecular flexibility index (Phi) is 3.42. The van der Waals surface area contributed by atoms with Gasteiger partial charge in [-0.05, 0) is 31.0 Å². The summed E-state index contributed by atoms with van der Waals surface area (Å²) in [5.41, 5.74) is 7.63. The van der Waals surface area contributed by atoms with E-state index in [1.165, 1.54) is 0 Å². The Hall–Kier alpha value is -2.54. The number of fused-ring (bicyclic) bond motifs is 1. The monoisotopic (exact) mass is 309 g/mol. The summed E-state index contributed by atoms with van der Waals surface area (Å²) in [6.07, 6.45) is 6.46. The van der Waals surface area contributed by atoms with Gasteiger partial charge in [-0.15, -0.1) is 0 Å². The number of hydrogen-bond acceptors (Lipinski definition) is 6. The largest absolute Gasteiger partial charge is 0.356 e. The van der Waals surface area contributed by atoms with Gasteiger partial charge in [0.1, 0.15) is 5.82 Å². The van der Waals surface area contributed by atoms with Crippen molar-refractivity contribution in [1.29, 1.82) is 0 Å². The Bertz CT molecular complexity index is 827. The first-order valence-corrected chi connectivity index (χ1v) is 7.81. The summed E-state index contributed by atoms with van der Waals surface area (Å²) < 4.78 is 1.79. The van der Waals surface area contributed by atoms with E-state index in [0.29, 0.717) is 11.7 Å². The second-order valence-electron chi connectivity index (χ2n) is 5.95. The lowest BCUT2D eigenvalue weighted by atomic mass is 10.1. The number of aryl methyl sites for hydroxylation is 1. The molecule has 4 rings (SSSR count). The van der Waals surface area contributed by atoms with Crippen molar-refractivity contribution in [1.82, 2.24) is 24.7 Å². The van der Waals surface area contributed by atoms with Crippen LogP contribution in [0.1, 0.15) is 6.42 Å². The first kappa shape index (κ1) is 14.1. The lowest BCUT2D eigenvalue weighted by Crippen LogP contribution is -2.24. The minimum Gasteiger partial charge on any atom is -0.356 e. The van der Waals surface area contributed by atoms with Gasteiger partial charge in [0.2, 0.25) is 0 Å². The van der Waals surface area contributed by atoms with Crippen molar-refractivity contribution in [3.8, 4) is 11.4 Å². The van der Waals surface area contributed by atoms with Crippen molar-refractivity contribution in [3.05, 3.63) is 30.7 Å². The summed E-state index contributed by atoms with van der Waals surface area (Å²) in [5, 5.41) is 5.34. The molecule has 3 aromatic rings. The maximum Gasteiger partial charge on any atom is 0.164 e. The minimum absolute atomic E-state index is 0.529. The normalized spacial score (nSPS) is 18.0. The Balaban J connectivity index is 1.85. The fraction of sp³-hybridized carbons (Fsp3) is 0.375. The fourth-order valence-electron chi connectivity index (χ4n) is 3.10. The molecule has 1 aliphatic heterocycles. The molecule has 0 saturated carbocycles. The van der Waals surface area contributed by atoms with Crippen molar-refractivity contribution in [2.75, 3.05) is 24.5 Å². The van der Waals surface area contributed by atoms with E-state index in [1.807, 2.05) is 25.4 Å². The Labute approximate surface area is 134 Å². The van der Waals surface area contributed by atoms with E-state index in [0.717, 1.165) is 48.5 Å². The van der Waals surface area contributed by atoms with Crippen molar-refractivity contribution in [3.63, 3.8) is 0 Å². The van der Waals surface area contributed by atoms with Gasteiger partial charge in [-0.3, -0.25) is 9.67 Å². The zero-order valence-corrected chi connectivity index (χ0v) is 13.1. The third-order valence-corrected chi connectivity index (χ3v) is 4.43. The minimum atomic E-state index is 0.529. The molecule has 0 bridgehead atoms. The number of nitrogens with zero attached hydrogens (tertiary/aromatic N) is 6. The summed E-state index contributed by atoms with van der Waals surface area (Å²) in [5.74, 6) is 2.18. The van der Waals surface area contributed by atoms with Crippen LogP contribution < -0.4 is 10.6 Å². The first-order valence-electron chi connectivity index (χ1n) is 7.81. The summed E-state index contributed by atoms with van der Waals surface area (Å²) in [4.78, 5) is 15.9. The van der Waals surface area contributed by atoms with E-state index in [9.17, 15) is 0 Å². The van der Waals surface area contributed by atoms with E-state index in [4.69, 9.17) is 10.7 Å². The summed E-state index contributed by atoms with van der Waals surface area (Å²) in [6.45, 7) is 2.63. The lowest BCUT2D eigenvalue weighted by Gasteiger charge is -2.19. The van der Waals surface area contributed by atoms with Gasteiger partial charge in [0.05, 0.1) is 11.6 Å². The molecule has 0 aromatic carbocycles. The Morgan fingerprint density at radius 1 is 1.26 bits per heavy atom. The molecule has 0 radical (unpaired) electrons. The highest BCUT2D eigenvalue weighted by atomic mass is 15.3. The topological polar surface area (TPSA) is 85.8 Å². The molecule has 0 aliphatic carbocycles. The molecule has 1 saturated heterocycles. The molecule has 7 nitrogen and oxygen atoms in total. The number of rotatable bonds is 3. The number of pyridine rings is 1. The molecule has 0 amide bonds. The van der Waals surface area contributed by atoms with Gasteiger partial charge in [0, 0.05) is 38.1 Å².